The summed E-state index contributed by atoms with van der Waals surface area (Å²) in [5.74, 6) is 0. The molecule has 0 spiro atoms. The van der Waals surface area contributed by atoms with Gasteiger partial charge in [-0.25, -0.2) is 4.98 Å². The number of hydrogen-bond acceptors (Lipinski definition) is 2. The normalized spacial score (nSPS) is 12.1. The Kier molecular flexibility index (Phi) is 6.89. The lowest BCUT2D eigenvalue weighted by Crippen LogP contribution is -2.00. The molecule has 0 bridgehead atoms. The predicted molar refractivity (Wildman–Crippen MR) is 252 cm³/mol. The van der Waals surface area contributed by atoms with Crippen LogP contribution in [0.3, 0.4) is 0 Å². The molecular formula is C55H33N3S. The molecule has 0 aliphatic heterocycles. The number of rotatable bonds is 4. The Morgan fingerprint density at radius 1 is 0.356 bits per heavy atom. The van der Waals surface area contributed by atoms with Crippen molar-refractivity contribution < 1.29 is 0 Å². The van der Waals surface area contributed by atoms with Gasteiger partial charge in [0.1, 0.15) is 0 Å². The van der Waals surface area contributed by atoms with Gasteiger partial charge in [0.05, 0.1) is 38.0 Å². The summed E-state index contributed by atoms with van der Waals surface area (Å²) in [5.41, 5.74) is 12.4. The van der Waals surface area contributed by atoms with Crippen LogP contribution >= 0.6 is 11.3 Å². The molecule has 4 heterocycles. The van der Waals surface area contributed by atoms with Crippen molar-refractivity contribution in [3.63, 3.8) is 0 Å². The fraction of sp³-hybridized carbons (Fsp3) is 0. The van der Waals surface area contributed by atoms with Gasteiger partial charge in [0, 0.05) is 64.7 Å². The number of hydrogen-bond donors (Lipinski definition) is 0. The van der Waals surface area contributed by atoms with Crippen molar-refractivity contribution in [3.8, 4) is 33.8 Å². The molecule has 0 radical (unpaired) electrons. The first-order valence-corrected chi connectivity index (χ1v) is 20.9. The van der Waals surface area contributed by atoms with E-state index in [1.165, 1.54) is 79.9 Å². The highest BCUT2D eigenvalue weighted by atomic mass is 32.1. The van der Waals surface area contributed by atoms with E-state index >= 15 is 0 Å². The van der Waals surface area contributed by atoms with Crippen molar-refractivity contribution in [3.05, 3.63) is 200 Å². The molecule has 0 saturated heterocycles. The van der Waals surface area contributed by atoms with Crippen molar-refractivity contribution in [2.24, 2.45) is 0 Å². The summed E-state index contributed by atoms with van der Waals surface area (Å²) in [5, 5.41) is 11.1. The Morgan fingerprint density at radius 3 is 1.47 bits per heavy atom. The van der Waals surface area contributed by atoms with E-state index < -0.39 is 0 Å². The van der Waals surface area contributed by atoms with Crippen LogP contribution in [0, 0.1) is 0 Å². The van der Waals surface area contributed by atoms with E-state index in [0.29, 0.717) is 0 Å². The summed E-state index contributed by atoms with van der Waals surface area (Å²) >= 11 is 1.84. The molecule has 0 amide bonds. The third-order valence-corrected chi connectivity index (χ3v) is 13.4. The van der Waals surface area contributed by atoms with Crippen LogP contribution < -0.4 is 0 Å². The first-order valence-electron chi connectivity index (χ1n) is 20.1. The van der Waals surface area contributed by atoms with Crippen LogP contribution in [-0.2, 0) is 0 Å². The summed E-state index contributed by atoms with van der Waals surface area (Å²) in [6.45, 7) is 0. The highest BCUT2D eigenvalue weighted by Gasteiger charge is 2.20. The molecule has 4 aromatic heterocycles. The van der Waals surface area contributed by atoms with Gasteiger partial charge in [-0.05, 0) is 71.1 Å². The SMILES string of the molecule is c1cc(-c2cc(-n3c4ccccc4c4ccccc43)cc(-n3c4ccccc4c4ccccc43)c2)cc(-c2nc3c4ccccc4ccc3c3c2sc2ccccc23)c1. The summed E-state index contributed by atoms with van der Waals surface area (Å²) < 4.78 is 7.37. The predicted octanol–water partition coefficient (Wildman–Crippen LogP) is 15.3. The molecule has 0 aliphatic carbocycles. The maximum atomic E-state index is 5.59. The van der Waals surface area contributed by atoms with Crippen molar-refractivity contribution in [2.75, 3.05) is 0 Å². The molecule has 4 heteroatoms. The topological polar surface area (TPSA) is 22.8 Å². The number of benzene rings is 9. The zero-order valence-corrected chi connectivity index (χ0v) is 32.6. The standard InChI is InChI=1S/C55H33N3S/c1-2-17-40-34(14-1)28-29-46-52-45-22-7-12-27-51(45)59-55(52)53(56-54(40)46)36-16-13-15-35(30-36)37-31-38(57-47-23-8-3-18-41(47)42-19-4-9-24-48(42)57)33-39(32-37)58-49-25-10-5-20-43(49)44-21-6-11-26-50(44)58/h1-33H. The van der Waals surface area contributed by atoms with E-state index in [-0.39, 0.29) is 0 Å². The van der Waals surface area contributed by atoms with Crippen molar-refractivity contribution in [1.82, 2.24) is 14.1 Å². The zero-order valence-electron chi connectivity index (χ0n) is 31.8. The Balaban J connectivity index is 1.10. The van der Waals surface area contributed by atoms with Crippen LogP contribution in [0.4, 0.5) is 0 Å². The molecule has 0 saturated carbocycles. The summed E-state index contributed by atoms with van der Waals surface area (Å²) in [4.78, 5) is 5.59. The van der Waals surface area contributed by atoms with E-state index in [0.717, 1.165) is 39.3 Å². The molecule has 274 valence electrons. The van der Waals surface area contributed by atoms with E-state index in [2.05, 4.69) is 209 Å². The average Bonchev–Trinajstić information content (AvgIpc) is 3.97. The lowest BCUT2D eigenvalue weighted by Gasteiger charge is -2.16. The van der Waals surface area contributed by atoms with Crippen LogP contribution in [0.1, 0.15) is 0 Å². The second-order valence-corrected chi connectivity index (χ2v) is 16.6. The van der Waals surface area contributed by atoms with Crippen molar-refractivity contribution in [1.29, 1.82) is 0 Å². The Hall–Kier alpha value is -7.53. The van der Waals surface area contributed by atoms with Gasteiger partial charge in [0.25, 0.3) is 0 Å². The molecule has 59 heavy (non-hydrogen) atoms. The van der Waals surface area contributed by atoms with Gasteiger partial charge in [0.15, 0.2) is 0 Å². The second kappa shape index (κ2) is 12.5. The summed E-state index contributed by atoms with van der Waals surface area (Å²) in [6.07, 6.45) is 0. The van der Waals surface area contributed by atoms with Gasteiger partial charge >= 0.3 is 0 Å². The molecule has 0 N–H and O–H groups in total. The Labute approximate surface area is 343 Å². The molecule has 9 aromatic carbocycles. The maximum Gasteiger partial charge on any atom is 0.0888 e. The van der Waals surface area contributed by atoms with Gasteiger partial charge in [0.2, 0.25) is 0 Å². The highest BCUT2D eigenvalue weighted by molar-refractivity contribution is 7.26. The Bertz CT molecular complexity index is 3620. The molecule has 13 rings (SSSR count). The van der Waals surface area contributed by atoms with Gasteiger partial charge in [-0.2, -0.15) is 0 Å². The van der Waals surface area contributed by atoms with E-state index in [4.69, 9.17) is 4.98 Å². The van der Waals surface area contributed by atoms with Gasteiger partial charge in [-0.3, -0.25) is 0 Å². The number of fused-ring (bicyclic) bond motifs is 13. The molecule has 0 atom stereocenters. The van der Waals surface area contributed by atoms with E-state index in [1.54, 1.807) is 0 Å². The first kappa shape index (κ1) is 32.5. The van der Waals surface area contributed by atoms with Crippen LogP contribution in [0.15, 0.2) is 200 Å². The van der Waals surface area contributed by atoms with Crippen LogP contribution in [0.25, 0.3) is 119 Å². The number of aromatic nitrogens is 3. The van der Waals surface area contributed by atoms with Crippen molar-refractivity contribution in [2.45, 2.75) is 0 Å². The maximum absolute atomic E-state index is 5.59. The van der Waals surface area contributed by atoms with E-state index in [1.807, 2.05) is 11.3 Å². The first-order chi connectivity index (χ1) is 29.3. The number of nitrogens with zero attached hydrogens (tertiary/aromatic N) is 3. The molecule has 13 aromatic rings. The second-order valence-electron chi connectivity index (χ2n) is 15.5. The molecule has 0 fully saturated rings. The van der Waals surface area contributed by atoms with Crippen molar-refractivity contribution >= 4 is 96.8 Å². The van der Waals surface area contributed by atoms with Gasteiger partial charge < -0.3 is 9.13 Å². The van der Waals surface area contributed by atoms with E-state index in [9.17, 15) is 0 Å². The minimum Gasteiger partial charge on any atom is -0.309 e. The lowest BCUT2D eigenvalue weighted by molar-refractivity contribution is 1.13. The molecule has 0 unspecified atom stereocenters. The minimum absolute atomic E-state index is 1.02. The quantitative estimate of drug-likeness (QED) is 0.164. The summed E-state index contributed by atoms with van der Waals surface area (Å²) in [6, 6.07) is 73.2. The fourth-order valence-electron chi connectivity index (χ4n) is 9.68. The fourth-order valence-corrected chi connectivity index (χ4v) is 10.9. The van der Waals surface area contributed by atoms with Gasteiger partial charge in [-0.15, -0.1) is 11.3 Å². The largest absolute Gasteiger partial charge is 0.309 e. The lowest BCUT2D eigenvalue weighted by atomic mass is 9.97. The monoisotopic (exact) mass is 767 g/mol. The molecular weight excluding hydrogens is 735 g/mol. The van der Waals surface area contributed by atoms with Crippen LogP contribution in [0.2, 0.25) is 0 Å². The molecule has 3 nitrogen and oxygen atoms in total. The third-order valence-electron chi connectivity index (χ3n) is 12.3. The smallest absolute Gasteiger partial charge is 0.0888 e. The number of para-hydroxylation sites is 4. The highest BCUT2D eigenvalue weighted by Crippen LogP contribution is 2.45. The van der Waals surface area contributed by atoms with Crippen LogP contribution in [-0.4, -0.2) is 14.1 Å². The number of pyridine rings is 1. The number of thiophene rings is 1. The zero-order chi connectivity index (χ0) is 38.6. The minimum atomic E-state index is 1.02. The summed E-state index contributed by atoms with van der Waals surface area (Å²) in [7, 11) is 0. The Morgan fingerprint density at radius 2 is 0.864 bits per heavy atom. The van der Waals surface area contributed by atoms with Gasteiger partial charge in [-0.1, -0.05) is 146 Å². The molecule has 0 aliphatic rings. The van der Waals surface area contributed by atoms with Crippen LogP contribution in [0.5, 0.6) is 0 Å². The average molecular weight is 768 g/mol. The third kappa shape index (κ3) is 4.78.